The molecule has 0 radical (unpaired) electrons. The zero-order chi connectivity index (χ0) is 31.2. The summed E-state index contributed by atoms with van der Waals surface area (Å²) in [5, 5.41) is 2.06. The third-order valence-corrected chi connectivity index (χ3v) is 11.7. The van der Waals surface area contributed by atoms with Gasteiger partial charge in [-0.15, -0.1) is 11.8 Å². The Labute approximate surface area is 260 Å². The highest BCUT2D eigenvalue weighted by Crippen LogP contribution is 2.65. The number of rotatable bonds is 4. The number of carbonyl (C=O) groups excluding carboxylic acids is 3. The predicted molar refractivity (Wildman–Crippen MR) is 165 cm³/mol. The Morgan fingerprint density at radius 2 is 1.68 bits per heavy atom. The monoisotopic (exact) mass is 613 g/mol. The quantitative estimate of drug-likeness (QED) is 0.378. The summed E-state index contributed by atoms with van der Waals surface area (Å²) >= 11 is 1.77. The molecule has 3 atom stereocenters. The predicted octanol–water partition coefficient (Wildman–Crippen LogP) is 5.03. The van der Waals surface area contributed by atoms with Crippen LogP contribution in [-0.4, -0.2) is 45.7 Å². The van der Waals surface area contributed by atoms with Crippen LogP contribution in [0.15, 0.2) is 70.5 Å². The van der Waals surface area contributed by atoms with E-state index in [2.05, 4.69) is 29.3 Å². The van der Waals surface area contributed by atoms with Crippen molar-refractivity contribution in [3.05, 3.63) is 93.4 Å². The summed E-state index contributed by atoms with van der Waals surface area (Å²) in [4.78, 5) is 57.4. The number of benzene rings is 2. The van der Waals surface area contributed by atoms with E-state index in [-0.39, 0.29) is 36.6 Å². The highest BCUT2D eigenvalue weighted by Gasteiger charge is 2.76. The molecule has 2 bridgehead atoms. The van der Waals surface area contributed by atoms with Gasteiger partial charge in [-0.05, 0) is 56.4 Å². The molecule has 1 aromatic heterocycles. The Balaban J connectivity index is 1.40. The molecule has 4 aliphatic rings. The van der Waals surface area contributed by atoms with Crippen LogP contribution in [0.3, 0.4) is 0 Å². The molecule has 4 heterocycles. The van der Waals surface area contributed by atoms with Crippen LogP contribution in [0.1, 0.15) is 80.7 Å². The molecule has 0 spiro atoms. The maximum absolute atomic E-state index is 14.2. The second kappa shape index (κ2) is 9.72. The first-order valence-corrected chi connectivity index (χ1v) is 16.0. The molecule has 7 rings (SSSR count). The summed E-state index contributed by atoms with van der Waals surface area (Å²) in [6.07, 6.45) is 2.33. The van der Waals surface area contributed by atoms with Crippen molar-refractivity contribution in [3.8, 4) is 5.75 Å². The van der Waals surface area contributed by atoms with Crippen LogP contribution in [0.25, 0.3) is 0 Å². The lowest BCUT2D eigenvalue weighted by Crippen LogP contribution is -2.58. The first kappa shape index (κ1) is 28.7. The highest BCUT2D eigenvalue weighted by molar-refractivity contribution is 7.98. The molecule has 0 N–H and O–H groups in total. The van der Waals surface area contributed by atoms with E-state index < -0.39 is 39.7 Å². The average molecular weight is 614 g/mol. The van der Waals surface area contributed by atoms with E-state index in [9.17, 15) is 19.2 Å². The van der Waals surface area contributed by atoms with Gasteiger partial charge in [-0.3, -0.25) is 24.1 Å². The van der Waals surface area contributed by atoms with Crippen LogP contribution < -0.4 is 15.2 Å². The first-order chi connectivity index (χ1) is 20.9. The van der Waals surface area contributed by atoms with E-state index in [1.54, 1.807) is 34.5 Å². The van der Waals surface area contributed by atoms with Gasteiger partial charge >= 0.3 is 11.9 Å². The SMILES string of the molecule is CC(C)N1CN(C2c3ccccc3CSc3ccccc32)n2ccc(=O)c(OC(=O)[C@@]34CCC(C)(C(=O)O3)C4(C)C)c2C1=O. The van der Waals surface area contributed by atoms with Crippen LogP contribution in [0.4, 0.5) is 0 Å². The maximum Gasteiger partial charge on any atom is 0.356 e. The molecule has 10 heteroatoms. The number of thioether (sulfide) groups is 1. The normalized spacial score (nSPS) is 26.5. The lowest BCUT2D eigenvalue weighted by atomic mass is 9.66. The van der Waals surface area contributed by atoms with Crippen molar-refractivity contribution in [1.29, 1.82) is 0 Å². The number of fused-ring (bicyclic) bond motifs is 5. The third kappa shape index (κ3) is 3.72. The number of pyridine rings is 1. The summed E-state index contributed by atoms with van der Waals surface area (Å²) in [6.45, 7) is 9.53. The molecule has 228 valence electrons. The minimum absolute atomic E-state index is 0.0306. The molecule has 2 unspecified atom stereocenters. The number of aromatic nitrogens is 1. The van der Waals surface area contributed by atoms with Crippen molar-refractivity contribution in [2.24, 2.45) is 10.8 Å². The third-order valence-electron chi connectivity index (χ3n) is 10.5. The molecular formula is C34H35N3O6S. The zero-order valence-electron chi connectivity index (χ0n) is 25.5. The van der Waals surface area contributed by atoms with Gasteiger partial charge in [0.1, 0.15) is 6.67 Å². The molecule has 1 saturated heterocycles. The minimum Gasteiger partial charge on any atom is -0.446 e. The van der Waals surface area contributed by atoms with E-state index in [1.807, 2.05) is 52.0 Å². The Morgan fingerprint density at radius 1 is 0.977 bits per heavy atom. The van der Waals surface area contributed by atoms with Crippen molar-refractivity contribution in [2.45, 2.75) is 75.8 Å². The van der Waals surface area contributed by atoms with Crippen molar-refractivity contribution in [3.63, 3.8) is 0 Å². The van der Waals surface area contributed by atoms with Gasteiger partial charge in [0, 0.05) is 34.4 Å². The fourth-order valence-corrected chi connectivity index (χ4v) is 8.43. The minimum atomic E-state index is -1.55. The molecule has 1 amide bonds. The van der Waals surface area contributed by atoms with Crippen LogP contribution >= 0.6 is 11.8 Å². The first-order valence-electron chi connectivity index (χ1n) is 15.0. The fourth-order valence-electron chi connectivity index (χ4n) is 7.34. The lowest BCUT2D eigenvalue weighted by Gasteiger charge is -2.45. The molecule has 3 aliphatic heterocycles. The van der Waals surface area contributed by atoms with Gasteiger partial charge in [0.05, 0.1) is 11.5 Å². The van der Waals surface area contributed by atoms with Crippen molar-refractivity contribution in [1.82, 2.24) is 9.58 Å². The number of hydrogen-bond donors (Lipinski definition) is 0. The molecule has 1 aliphatic carbocycles. The largest absolute Gasteiger partial charge is 0.446 e. The van der Waals surface area contributed by atoms with E-state index >= 15 is 0 Å². The standard InChI is InChI=1S/C34H35N3O6S/c1-20(2)35-19-37(26-22-11-7-6-10-21(22)18-44-25-13-9-8-12-23(25)26)36-17-14-24(38)28(27(36)29(35)39)42-31(41)34-16-15-33(5,30(40)43-34)32(34,3)4/h6-14,17,20,26H,15-16,18-19H2,1-5H3/t26?,33?,34-/m1/s1. The van der Waals surface area contributed by atoms with Crippen LogP contribution in [0.5, 0.6) is 5.75 Å². The van der Waals surface area contributed by atoms with E-state index in [4.69, 9.17) is 9.47 Å². The van der Waals surface area contributed by atoms with E-state index in [1.165, 1.54) is 11.6 Å². The van der Waals surface area contributed by atoms with Gasteiger partial charge in [-0.1, -0.05) is 56.3 Å². The Hall–Kier alpha value is -4.05. The van der Waals surface area contributed by atoms with E-state index in [0.717, 1.165) is 21.8 Å². The molecule has 2 fully saturated rings. The van der Waals surface area contributed by atoms with Gasteiger partial charge in [-0.2, -0.15) is 0 Å². The van der Waals surface area contributed by atoms with Gasteiger partial charge in [0.15, 0.2) is 5.69 Å². The molecule has 44 heavy (non-hydrogen) atoms. The smallest absolute Gasteiger partial charge is 0.356 e. The second-order valence-corrected chi connectivity index (χ2v) is 14.2. The Bertz CT molecular complexity index is 1750. The summed E-state index contributed by atoms with van der Waals surface area (Å²) in [7, 11) is 0. The number of carbonyl (C=O) groups is 3. The zero-order valence-corrected chi connectivity index (χ0v) is 26.3. The number of nitrogens with zero attached hydrogens (tertiary/aromatic N) is 3. The van der Waals surface area contributed by atoms with E-state index in [0.29, 0.717) is 6.42 Å². The number of ether oxygens (including phenoxy) is 2. The molecule has 2 aromatic carbocycles. The van der Waals surface area contributed by atoms with Gasteiger partial charge in [-0.25, -0.2) is 4.79 Å². The molecule has 3 aromatic rings. The van der Waals surface area contributed by atoms with Crippen LogP contribution in [0, 0.1) is 10.8 Å². The lowest BCUT2D eigenvalue weighted by molar-refractivity contribution is -0.176. The van der Waals surface area contributed by atoms with Crippen LogP contribution in [0.2, 0.25) is 0 Å². The summed E-state index contributed by atoms with van der Waals surface area (Å²) in [5.41, 5.74) is -0.556. The average Bonchev–Trinajstić information content (AvgIpc) is 3.20. The van der Waals surface area contributed by atoms with Crippen molar-refractivity contribution < 1.29 is 23.9 Å². The van der Waals surface area contributed by atoms with Gasteiger partial charge in [0.2, 0.25) is 16.8 Å². The van der Waals surface area contributed by atoms with Crippen LogP contribution in [-0.2, 0) is 20.1 Å². The van der Waals surface area contributed by atoms with Gasteiger partial charge < -0.3 is 14.4 Å². The number of amides is 1. The topological polar surface area (TPSA) is 98.2 Å². The fraction of sp³-hybridized carbons (Fsp3) is 0.412. The summed E-state index contributed by atoms with van der Waals surface area (Å²) in [5.74, 6) is -1.26. The Morgan fingerprint density at radius 3 is 2.36 bits per heavy atom. The summed E-state index contributed by atoms with van der Waals surface area (Å²) < 4.78 is 13.4. The molecular weight excluding hydrogens is 578 g/mol. The Kier molecular flexibility index (Phi) is 6.34. The number of hydrogen-bond acceptors (Lipinski definition) is 8. The molecule has 1 saturated carbocycles. The summed E-state index contributed by atoms with van der Waals surface area (Å²) in [6, 6.07) is 17.3. The van der Waals surface area contributed by atoms with Crippen molar-refractivity contribution >= 4 is 29.6 Å². The van der Waals surface area contributed by atoms with Crippen molar-refractivity contribution in [2.75, 3.05) is 11.7 Å². The van der Waals surface area contributed by atoms with Gasteiger partial charge in [0.25, 0.3) is 5.91 Å². The number of esters is 2. The maximum atomic E-state index is 14.2. The molecule has 9 nitrogen and oxygen atoms in total. The second-order valence-electron chi connectivity index (χ2n) is 13.1. The highest BCUT2D eigenvalue weighted by atomic mass is 32.2.